The SMILES string of the molecule is C=CCON=C(CCC)C1=C(O)CC(C)(C)C(C)C1=O. The van der Waals surface area contributed by atoms with E-state index in [1.165, 1.54) is 0 Å². The summed E-state index contributed by atoms with van der Waals surface area (Å²) < 4.78 is 0. The minimum absolute atomic E-state index is 0.0480. The van der Waals surface area contributed by atoms with Crippen LogP contribution >= 0.6 is 0 Å². The van der Waals surface area contributed by atoms with Gasteiger partial charge in [0.05, 0.1) is 11.3 Å². The van der Waals surface area contributed by atoms with E-state index in [9.17, 15) is 9.90 Å². The van der Waals surface area contributed by atoms with Gasteiger partial charge in [0, 0.05) is 12.3 Å². The van der Waals surface area contributed by atoms with E-state index in [0.717, 1.165) is 6.42 Å². The molecule has 0 aromatic heterocycles. The first-order chi connectivity index (χ1) is 9.35. The maximum absolute atomic E-state index is 12.5. The average Bonchev–Trinajstić information content (AvgIpc) is 2.36. The van der Waals surface area contributed by atoms with Gasteiger partial charge in [0.1, 0.15) is 12.4 Å². The van der Waals surface area contributed by atoms with Crippen molar-refractivity contribution in [3.05, 3.63) is 24.0 Å². The Morgan fingerprint density at radius 1 is 1.60 bits per heavy atom. The number of carbonyl (C=O) groups excluding carboxylic acids is 1. The number of aliphatic hydroxyl groups is 1. The molecule has 1 rings (SSSR count). The second-order valence-electron chi connectivity index (χ2n) is 5.95. The monoisotopic (exact) mass is 279 g/mol. The molecule has 1 unspecified atom stereocenters. The van der Waals surface area contributed by atoms with Crippen LogP contribution in [-0.4, -0.2) is 23.2 Å². The highest BCUT2D eigenvalue weighted by Gasteiger charge is 2.41. The summed E-state index contributed by atoms with van der Waals surface area (Å²) in [6.07, 6.45) is 3.52. The molecule has 1 aliphatic carbocycles. The molecule has 0 aromatic carbocycles. The fraction of sp³-hybridized carbons (Fsp3) is 0.625. The molecule has 0 radical (unpaired) electrons. The number of hydrogen-bond acceptors (Lipinski definition) is 4. The number of allylic oxidation sites excluding steroid dienone is 2. The Balaban J connectivity index is 3.14. The van der Waals surface area contributed by atoms with Crippen LogP contribution in [0.15, 0.2) is 29.1 Å². The topological polar surface area (TPSA) is 58.9 Å². The molecule has 1 N–H and O–H groups in total. The van der Waals surface area contributed by atoms with Gasteiger partial charge in [0.2, 0.25) is 0 Å². The van der Waals surface area contributed by atoms with Gasteiger partial charge < -0.3 is 9.94 Å². The van der Waals surface area contributed by atoms with E-state index in [1.807, 2.05) is 27.7 Å². The molecule has 0 aliphatic heterocycles. The summed E-state index contributed by atoms with van der Waals surface area (Å²) >= 11 is 0. The number of hydrogen-bond donors (Lipinski definition) is 1. The van der Waals surface area contributed by atoms with Crippen LogP contribution in [0.3, 0.4) is 0 Å². The van der Waals surface area contributed by atoms with E-state index >= 15 is 0 Å². The van der Waals surface area contributed by atoms with E-state index in [0.29, 0.717) is 24.1 Å². The molecule has 0 fully saturated rings. The van der Waals surface area contributed by atoms with Crippen molar-refractivity contribution in [2.45, 2.75) is 47.0 Å². The lowest BCUT2D eigenvalue weighted by atomic mass is 9.68. The smallest absolute Gasteiger partial charge is 0.171 e. The molecule has 0 amide bonds. The van der Waals surface area contributed by atoms with Crippen LogP contribution in [0, 0.1) is 11.3 Å². The Kier molecular flexibility index (Phi) is 5.54. The molecular weight excluding hydrogens is 254 g/mol. The number of ketones is 1. The first kappa shape index (κ1) is 16.5. The molecular formula is C16H25NO3. The van der Waals surface area contributed by atoms with Gasteiger partial charge in [0.15, 0.2) is 5.78 Å². The highest BCUT2D eigenvalue weighted by Crippen LogP contribution is 2.40. The highest BCUT2D eigenvalue weighted by atomic mass is 16.6. The summed E-state index contributed by atoms with van der Waals surface area (Å²) in [5.74, 6) is -0.0597. The van der Waals surface area contributed by atoms with Crippen molar-refractivity contribution in [2.75, 3.05) is 6.61 Å². The molecule has 1 atom stereocenters. The van der Waals surface area contributed by atoms with Crippen LogP contribution in [0.1, 0.15) is 47.0 Å². The maximum atomic E-state index is 12.5. The third kappa shape index (κ3) is 3.50. The van der Waals surface area contributed by atoms with Gasteiger partial charge in [-0.3, -0.25) is 4.79 Å². The summed E-state index contributed by atoms with van der Waals surface area (Å²) in [5, 5.41) is 14.3. The third-order valence-electron chi connectivity index (χ3n) is 3.87. The van der Waals surface area contributed by atoms with Crippen LogP contribution in [0.25, 0.3) is 0 Å². The highest BCUT2D eigenvalue weighted by molar-refractivity contribution is 6.23. The van der Waals surface area contributed by atoms with Crippen molar-refractivity contribution in [1.29, 1.82) is 0 Å². The van der Waals surface area contributed by atoms with Crippen LogP contribution in [0.5, 0.6) is 0 Å². The van der Waals surface area contributed by atoms with Crippen LogP contribution in [0.2, 0.25) is 0 Å². The molecule has 0 saturated heterocycles. The molecule has 4 nitrogen and oxygen atoms in total. The minimum Gasteiger partial charge on any atom is -0.511 e. The van der Waals surface area contributed by atoms with Crippen LogP contribution < -0.4 is 0 Å². The molecule has 0 spiro atoms. The van der Waals surface area contributed by atoms with Crippen molar-refractivity contribution >= 4 is 11.5 Å². The first-order valence-electron chi connectivity index (χ1n) is 7.11. The molecule has 1 aliphatic rings. The maximum Gasteiger partial charge on any atom is 0.171 e. The zero-order valence-electron chi connectivity index (χ0n) is 12.9. The van der Waals surface area contributed by atoms with Gasteiger partial charge in [-0.2, -0.15) is 0 Å². The quantitative estimate of drug-likeness (QED) is 0.348. The summed E-state index contributed by atoms with van der Waals surface area (Å²) in [5.41, 5.74) is 0.659. The Labute approximate surface area is 121 Å². The minimum atomic E-state index is -0.232. The van der Waals surface area contributed by atoms with E-state index in [1.54, 1.807) is 6.08 Å². The standard InChI is InChI=1S/C16H25NO3/c1-6-8-12(17-20-9-7-2)14-13(18)10-16(4,5)11(3)15(14)19/h7,11,18H,2,6,8-10H2,1,3-5H3. The first-order valence-corrected chi connectivity index (χ1v) is 7.11. The predicted octanol–water partition coefficient (Wildman–Crippen LogP) is 3.79. The molecule has 20 heavy (non-hydrogen) atoms. The number of carbonyl (C=O) groups is 1. The predicted molar refractivity (Wildman–Crippen MR) is 80.7 cm³/mol. The number of aliphatic hydroxyl groups excluding tert-OH is 1. The van der Waals surface area contributed by atoms with Gasteiger partial charge in [-0.05, 0) is 11.8 Å². The second-order valence-corrected chi connectivity index (χ2v) is 5.95. The normalized spacial score (nSPS) is 22.9. The number of rotatable bonds is 6. The van der Waals surface area contributed by atoms with E-state index in [4.69, 9.17) is 4.84 Å². The summed E-state index contributed by atoms with van der Waals surface area (Å²) in [7, 11) is 0. The van der Waals surface area contributed by atoms with E-state index in [-0.39, 0.29) is 29.5 Å². The third-order valence-corrected chi connectivity index (χ3v) is 3.87. The Morgan fingerprint density at radius 3 is 2.80 bits per heavy atom. The van der Waals surface area contributed by atoms with Gasteiger partial charge in [-0.15, -0.1) is 0 Å². The average molecular weight is 279 g/mol. The Morgan fingerprint density at radius 2 is 2.25 bits per heavy atom. The molecule has 0 saturated carbocycles. The van der Waals surface area contributed by atoms with Crippen molar-refractivity contribution in [1.82, 2.24) is 0 Å². The molecule has 4 heteroatoms. The molecule has 112 valence electrons. The van der Waals surface area contributed by atoms with Crippen LogP contribution in [0.4, 0.5) is 0 Å². The van der Waals surface area contributed by atoms with E-state index in [2.05, 4.69) is 11.7 Å². The van der Waals surface area contributed by atoms with Crippen molar-refractivity contribution in [3.63, 3.8) is 0 Å². The molecule has 0 heterocycles. The summed E-state index contributed by atoms with van der Waals surface area (Å²) in [6.45, 7) is 11.7. The van der Waals surface area contributed by atoms with Crippen LogP contribution in [-0.2, 0) is 9.63 Å². The lowest BCUT2D eigenvalue weighted by molar-refractivity contribution is -0.122. The van der Waals surface area contributed by atoms with Crippen molar-refractivity contribution in [2.24, 2.45) is 16.5 Å². The fourth-order valence-electron chi connectivity index (χ4n) is 2.32. The lowest BCUT2D eigenvalue weighted by Gasteiger charge is -2.35. The van der Waals surface area contributed by atoms with Gasteiger partial charge in [-0.25, -0.2) is 0 Å². The fourth-order valence-corrected chi connectivity index (χ4v) is 2.32. The molecule has 0 bridgehead atoms. The van der Waals surface area contributed by atoms with Gasteiger partial charge in [-0.1, -0.05) is 51.9 Å². The summed E-state index contributed by atoms with van der Waals surface area (Å²) in [6, 6.07) is 0. The Bertz CT molecular complexity index is 447. The number of Topliss-reactive ketones (excluding diaryl/α,β-unsaturated/α-hetero) is 1. The zero-order valence-corrected chi connectivity index (χ0v) is 12.9. The Hall–Kier alpha value is -1.58. The van der Waals surface area contributed by atoms with E-state index < -0.39 is 0 Å². The number of nitrogens with zero attached hydrogens (tertiary/aromatic N) is 1. The van der Waals surface area contributed by atoms with Crippen molar-refractivity contribution < 1.29 is 14.7 Å². The lowest BCUT2D eigenvalue weighted by Crippen LogP contribution is -2.37. The summed E-state index contributed by atoms with van der Waals surface area (Å²) in [4.78, 5) is 17.6. The molecule has 0 aromatic rings. The zero-order chi connectivity index (χ0) is 15.3. The van der Waals surface area contributed by atoms with Gasteiger partial charge in [0.25, 0.3) is 0 Å². The number of oxime groups is 1. The van der Waals surface area contributed by atoms with Crippen molar-refractivity contribution in [3.8, 4) is 0 Å². The largest absolute Gasteiger partial charge is 0.511 e. The van der Waals surface area contributed by atoms with Gasteiger partial charge >= 0.3 is 0 Å². The second kappa shape index (κ2) is 6.73.